The fraction of sp³-hybridized carbons (Fsp3) is 0.154. The van der Waals surface area contributed by atoms with E-state index in [9.17, 15) is 19.7 Å². The normalized spacial score (nSPS) is 10.2. The molecule has 1 aromatic carbocycles. The van der Waals surface area contributed by atoms with E-state index in [1.165, 1.54) is 29.0 Å². The van der Waals surface area contributed by atoms with Crippen LogP contribution in [-0.2, 0) is 7.05 Å². The molecule has 102 valence electrons. The number of non-ortho nitro benzene ring substituents is 1. The highest BCUT2D eigenvalue weighted by molar-refractivity contribution is 6.12. The fourth-order valence-electron chi connectivity index (χ4n) is 1.75. The predicted molar refractivity (Wildman–Crippen MR) is 69.6 cm³/mol. The Bertz CT molecular complexity index is 690. The predicted octanol–water partition coefficient (Wildman–Crippen LogP) is 1.78. The van der Waals surface area contributed by atoms with E-state index < -0.39 is 16.5 Å². The quantitative estimate of drug-likeness (QED) is 0.358. The molecule has 20 heavy (non-hydrogen) atoms. The fourth-order valence-corrected chi connectivity index (χ4v) is 1.75. The van der Waals surface area contributed by atoms with Crippen LogP contribution in [0.2, 0.25) is 0 Å². The summed E-state index contributed by atoms with van der Waals surface area (Å²) in [6, 6.07) is 5.31. The van der Waals surface area contributed by atoms with E-state index in [0.717, 1.165) is 6.07 Å². The first-order valence-electron chi connectivity index (χ1n) is 5.77. The number of imidazole rings is 1. The Labute approximate surface area is 114 Å². The molecule has 0 spiro atoms. The van der Waals surface area contributed by atoms with Crippen LogP contribution in [0.3, 0.4) is 0 Å². The Balaban J connectivity index is 2.16. The van der Waals surface area contributed by atoms with Gasteiger partial charge in [0, 0.05) is 37.1 Å². The molecule has 0 aliphatic heterocycles. The molecule has 0 fully saturated rings. The summed E-state index contributed by atoms with van der Waals surface area (Å²) in [7, 11) is 1.65. The SMILES string of the molecule is Cn1ccnc1C(=O)CC(=O)c1cccc([N+](=O)[O-])c1. The summed E-state index contributed by atoms with van der Waals surface area (Å²) in [4.78, 5) is 37.8. The van der Waals surface area contributed by atoms with E-state index in [0.29, 0.717) is 0 Å². The summed E-state index contributed by atoms with van der Waals surface area (Å²) >= 11 is 0. The summed E-state index contributed by atoms with van der Waals surface area (Å²) in [5, 5.41) is 10.6. The third kappa shape index (κ3) is 2.77. The van der Waals surface area contributed by atoms with Gasteiger partial charge in [-0.2, -0.15) is 0 Å². The molecule has 2 rings (SSSR count). The lowest BCUT2D eigenvalue weighted by Crippen LogP contribution is -2.13. The maximum atomic E-state index is 12.0. The molecule has 0 saturated heterocycles. The van der Waals surface area contributed by atoms with Crippen LogP contribution in [0.1, 0.15) is 27.4 Å². The van der Waals surface area contributed by atoms with Gasteiger partial charge in [-0.1, -0.05) is 12.1 Å². The molecule has 0 radical (unpaired) electrons. The second-order valence-corrected chi connectivity index (χ2v) is 4.19. The number of aryl methyl sites for hydroxylation is 1. The van der Waals surface area contributed by atoms with E-state index in [1.54, 1.807) is 13.2 Å². The third-order valence-corrected chi connectivity index (χ3v) is 2.77. The van der Waals surface area contributed by atoms with Crippen LogP contribution >= 0.6 is 0 Å². The van der Waals surface area contributed by atoms with Crippen molar-refractivity contribution in [1.82, 2.24) is 9.55 Å². The summed E-state index contributed by atoms with van der Waals surface area (Å²) in [5.74, 6) is -0.709. The van der Waals surface area contributed by atoms with Crippen molar-refractivity contribution in [2.45, 2.75) is 6.42 Å². The number of Topliss-reactive ketones (excluding diaryl/α,β-unsaturated/α-hetero) is 2. The summed E-state index contributed by atoms with van der Waals surface area (Å²) in [5.41, 5.74) is -0.0398. The van der Waals surface area contributed by atoms with E-state index >= 15 is 0 Å². The molecule has 0 saturated carbocycles. The number of ketones is 2. The van der Waals surface area contributed by atoms with Crippen LogP contribution in [0.25, 0.3) is 0 Å². The monoisotopic (exact) mass is 273 g/mol. The number of benzene rings is 1. The van der Waals surface area contributed by atoms with E-state index in [4.69, 9.17) is 0 Å². The number of nitrogens with zero attached hydrogens (tertiary/aromatic N) is 3. The summed E-state index contributed by atoms with van der Waals surface area (Å²) in [6.45, 7) is 0. The molecule has 0 bridgehead atoms. The Kier molecular flexibility index (Phi) is 3.69. The van der Waals surface area contributed by atoms with E-state index in [-0.39, 0.29) is 23.5 Å². The van der Waals surface area contributed by atoms with Crippen molar-refractivity contribution in [1.29, 1.82) is 0 Å². The summed E-state index contributed by atoms with van der Waals surface area (Å²) < 4.78 is 1.52. The molecule has 0 aliphatic carbocycles. The minimum Gasteiger partial charge on any atom is -0.332 e. The van der Waals surface area contributed by atoms with Crippen molar-refractivity contribution < 1.29 is 14.5 Å². The van der Waals surface area contributed by atoms with Crippen molar-refractivity contribution in [3.63, 3.8) is 0 Å². The molecule has 1 heterocycles. The zero-order valence-electron chi connectivity index (χ0n) is 10.6. The van der Waals surface area contributed by atoms with E-state index in [2.05, 4.69) is 4.98 Å². The number of nitro benzene ring substituents is 1. The first-order chi connectivity index (χ1) is 9.49. The molecule has 7 heteroatoms. The van der Waals surface area contributed by atoms with Crippen LogP contribution in [0.15, 0.2) is 36.7 Å². The van der Waals surface area contributed by atoms with Crippen LogP contribution in [0, 0.1) is 10.1 Å². The molecule has 1 aromatic heterocycles. The maximum Gasteiger partial charge on any atom is 0.270 e. The van der Waals surface area contributed by atoms with Gasteiger partial charge < -0.3 is 4.57 Å². The van der Waals surface area contributed by atoms with Gasteiger partial charge in [0.2, 0.25) is 5.78 Å². The number of carbonyl (C=O) groups excluding carboxylic acids is 2. The molecule has 0 amide bonds. The van der Waals surface area contributed by atoms with Gasteiger partial charge in [0.25, 0.3) is 5.69 Å². The zero-order valence-corrected chi connectivity index (χ0v) is 10.6. The molecule has 7 nitrogen and oxygen atoms in total. The highest BCUT2D eigenvalue weighted by atomic mass is 16.6. The summed E-state index contributed by atoms with van der Waals surface area (Å²) in [6.07, 6.45) is 2.70. The molecule has 2 aromatic rings. The third-order valence-electron chi connectivity index (χ3n) is 2.77. The minimum absolute atomic E-state index is 0.141. The van der Waals surface area contributed by atoms with E-state index in [1.807, 2.05) is 0 Å². The largest absolute Gasteiger partial charge is 0.332 e. The number of hydrogen-bond acceptors (Lipinski definition) is 5. The van der Waals surface area contributed by atoms with Gasteiger partial charge in [0.1, 0.15) is 0 Å². The van der Waals surface area contributed by atoms with Crippen LogP contribution in [-0.4, -0.2) is 26.0 Å². The van der Waals surface area contributed by atoms with Crippen molar-refractivity contribution >= 4 is 17.3 Å². The standard InChI is InChI=1S/C13H11N3O4/c1-15-6-5-14-13(15)12(18)8-11(17)9-3-2-4-10(7-9)16(19)20/h2-7H,8H2,1H3. The number of aromatic nitrogens is 2. The number of nitro groups is 1. The second kappa shape index (κ2) is 5.43. The van der Waals surface area contributed by atoms with Gasteiger partial charge in [-0.15, -0.1) is 0 Å². The Hall–Kier alpha value is -2.83. The zero-order chi connectivity index (χ0) is 14.7. The van der Waals surface area contributed by atoms with Gasteiger partial charge in [0.05, 0.1) is 11.3 Å². The first-order valence-corrected chi connectivity index (χ1v) is 5.77. The van der Waals surface area contributed by atoms with Gasteiger partial charge in [-0.05, 0) is 0 Å². The molecule has 0 atom stereocenters. The highest BCUT2D eigenvalue weighted by Crippen LogP contribution is 2.15. The minimum atomic E-state index is -0.586. The number of rotatable bonds is 5. The average molecular weight is 273 g/mol. The highest BCUT2D eigenvalue weighted by Gasteiger charge is 2.18. The topological polar surface area (TPSA) is 95.1 Å². The maximum absolute atomic E-state index is 12.0. The second-order valence-electron chi connectivity index (χ2n) is 4.19. The molecule has 0 N–H and O–H groups in total. The number of carbonyl (C=O) groups is 2. The lowest BCUT2D eigenvalue weighted by Gasteiger charge is -2.01. The Morgan fingerprint density at radius 1 is 1.35 bits per heavy atom. The number of hydrogen-bond donors (Lipinski definition) is 0. The van der Waals surface area contributed by atoms with Gasteiger partial charge in [0.15, 0.2) is 11.6 Å². The van der Waals surface area contributed by atoms with Gasteiger partial charge in [-0.25, -0.2) is 4.98 Å². The average Bonchev–Trinajstić information content (AvgIpc) is 2.85. The van der Waals surface area contributed by atoms with Crippen LogP contribution in [0.5, 0.6) is 0 Å². The van der Waals surface area contributed by atoms with Crippen LogP contribution < -0.4 is 0 Å². The Morgan fingerprint density at radius 2 is 2.10 bits per heavy atom. The van der Waals surface area contributed by atoms with Gasteiger partial charge in [-0.3, -0.25) is 19.7 Å². The molecular formula is C13H11N3O4. The van der Waals surface area contributed by atoms with Crippen molar-refractivity contribution in [3.05, 3.63) is 58.2 Å². The van der Waals surface area contributed by atoms with Crippen molar-refractivity contribution in [3.8, 4) is 0 Å². The van der Waals surface area contributed by atoms with Crippen LogP contribution in [0.4, 0.5) is 5.69 Å². The lowest BCUT2D eigenvalue weighted by atomic mass is 10.1. The Morgan fingerprint density at radius 3 is 2.70 bits per heavy atom. The molecule has 0 aliphatic rings. The van der Waals surface area contributed by atoms with Gasteiger partial charge >= 0.3 is 0 Å². The lowest BCUT2D eigenvalue weighted by molar-refractivity contribution is -0.384. The first kappa shape index (κ1) is 13.6. The molecule has 0 unspecified atom stereocenters. The smallest absolute Gasteiger partial charge is 0.270 e. The van der Waals surface area contributed by atoms with Crippen molar-refractivity contribution in [2.24, 2.45) is 7.05 Å². The van der Waals surface area contributed by atoms with Crippen molar-refractivity contribution in [2.75, 3.05) is 0 Å². The molecular weight excluding hydrogens is 262 g/mol.